The van der Waals surface area contributed by atoms with E-state index in [4.69, 9.17) is 9.47 Å². The van der Waals surface area contributed by atoms with Gasteiger partial charge >= 0.3 is 5.97 Å². The zero-order valence-electron chi connectivity index (χ0n) is 19.9. The predicted molar refractivity (Wildman–Crippen MR) is 129 cm³/mol. The van der Waals surface area contributed by atoms with Gasteiger partial charge in [0.2, 0.25) is 10.0 Å². The molecule has 1 saturated heterocycles. The third kappa shape index (κ3) is 6.80. The minimum atomic E-state index is -3.63. The Labute approximate surface area is 201 Å². The highest BCUT2D eigenvalue weighted by Gasteiger charge is 2.27. The number of nitrogens with zero attached hydrogens (tertiary/aromatic N) is 1. The van der Waals surface area contributed by atoms with Gasteiger partial charge < -0.3 is 14.8 Å². The molecule has 0 bridgehead atoms. The molecule has 3 rings (SSSR count). The maximum Gasteiger partial charge on any atom is 0.309 e. The Morgan fingerprint density at radius 2 is 1.68 bits per heavy atom. The van der Waals surface area contributed by atoms with Crippen LogP contribution in [0, 0.1) is 20.8 Å². The topological polar surface area (TPSA) is 102 Å². The molecule has 0 spiro atoms. The van der Waals surface area contributed by atoms with E-state index >= 15 is 0 Å². The third-order valence-corrected chi connectivity index (χ3v) is 7.72. The van der Waals surface area contributed by atoms with Crippen LogP contribution in [0.2, 0.25) is 0 Å². The van der Waals surface area contributed by atoms with E-state index in [1.807, 2.05) is 32.0 Å². The molecule has 184 valence electrons. The Hall–Kier alpha value is -2.91. The molecule has 0 atom stereocenters. The molecule has 2 aromatic carbocycles. The number of rotatable bonds is 9. The summed E-state index contributed by atoms with van der Waals surface area (Å²) in [6.45, 7) is 6.28. The number of hydrogen-bond donors (Lipinski definition) is 1. The van der Waals surface area contributed by atoms with Gasteiger partial charge in [0.05, 0.1) is 17.9 Å². The number of piperidine rings is 1. The molecule has 1 amide bonds. The van der Waals surface area contributed by atoms with Crippen molar-refractivity contribution in [3.8, 4) is 5.75 Å². The van der Waals surface area contributed by atoms with Crippen LogP contribution in [0.4, 0.5) is 5.69 Å². The Kier molecular flexibility index (Phi) is 8.68. The molecule has 0 aliphatic carbocycles. The molecule has 0 saturated carbocycles. The number of hydrogen-bond acceptors (Lipinski definition) is 6. The minimum Gasteiger partial charge on any atom is -0.493 e. The fourth-order valence-electron chi connectivity index (χ4n) is 3.72. The highest BCUT2D eigenvalue weighted by atomic mass is 32.2. The number of carbonyl (C=O) groups excluding carboxylic acids is 2. The van der Waals surface area contributed by atoms with E-state index in [-0.39, 0.29) is 17.9 Å². The number of aryl methyl sites for hydroxylation is 3. The molecule has 1 aliphatic rings. The van der Waals surface area contributed by atoms with Gasteiger partial charge in [0.1, 0.15) is 5.75 Å². The fourth-order valence-corrected chi connectivity index (χ4v) is 5.49. The van der Waals surface area contributed by atoms with Crippen molar-refractivity contribution in [3.05, 3.63) is 53.1 Å². The number of sulfonamides is 1. The van der Waals surface area contributed by atoms with Crippen LogP contribution in [-0.2, 0) is 24.3 Å². The van der Waals surface area contributed by atoms with Crippen LogP contribution >= 0.6 is 0 Å². The van der Waals surface area contributed by atoms with Crippen LogP contribution in [-0.4, -0.2) is 50.9 Å². The molecular weight excluding hydrogens is 456 g/mol. The lowest BCUT2D eigenvalue weighted by molar-refractivity contribution is -0.147. The average Bonchev–Trinajstić information content (AvgIpc) is 2.81. The van der Waals surface area contributed by atoms with E-state index < -0.39 is 28.5 Å². The minimum absolute atomic E-state index is 0.00339. The lowest BCUT2D eigenvalue weighted by Gasteiger charge is -2.26. The van der Waals surface area contributed by atoms with Crippen LogP contribution in [0.15, 0.2) is 41.3 Å². The number of ether oxygens (including phenoxy) is 2. The van der Waals surface area contributed by atoms with Gasteiger partial charge in [-0.1, -0.05) is 24.6 Å². The summed E-state index contributed by atoms with van der Waals surface area (Å²) in [5.41, 5.74) is 2.97. The second-order valence-electron chi connectivity index (χ2n) is 8.52. The summed E-state index contributed by atoms with van der Waals surface area (Å²) in [6.07, 6.45) is 2.71. The molecule has 34 heavy (non-hydrogen) atoms. The van der Waals surface area contributed by atoms with Crippen molar-refractivity contribution >= 4 is 27.6 Å². The number of amides is 1. The van der Waals surface area contributed by atoms with Crippen LogP contribution in [0.3, 0.4) is 0 Å². The Bertz CT molecular complexity index is 1140. The molecular formula is C25H32N2O6S. The average molecular weight is 489 g/mol. The summed E-state index contributed by atoms with van der Waals surface area (Å²) >= 11 is 0. The maximum absolute atomic E-state index is 13.0. The molecule has 8 nitrogen and oxygen atoms in total. The lowest BCUT2D eigenvalue weighted by Crippen LogP contribution is -2.36. The predicted octanol–water partition coefficient (Wildman–Crippen LogP) is 3.74. The van der Waals surface area contributed by atoms with Gasteiger partial charge in [-0.2, -0.15) is 4.31 Å². The molecule has 1 fully saturated rings. The highest BCUT2D eigenvalue weighted by molar-refractivity contribution is 7.89. The van der Waals surface area contributed by atoms with Gasteiger partial charge in [-0.05, 0) is 68.5 Å². The van der Waals surface area contributed by atoms with Gasteiger partial charge in [0, 0.05) is 18.8 Å². The van der Waals surface area contributed by atoms with Gasteiger partial charge in [0.15, 0.2) is 6.61 Å². The molecule has 0 aromatic heterocycles. The molecule has 1 aliphatic heterocycles. The first-order chi connectivity index (χ1) is 16.2. The summed E-state index contributed by atoms with van der Waals surface area (Å²) < 4.78 is 38.2. The first kappa shape index (κ1) is 25.7. The SMILES string of the molecule is Cc1ccc(C)c(OCCC(=O)OCC(=O)Nc2ccc(C)c(S(=O)(=O)N3CCCCC3)c2)c1. The zero-order valence-corrected chi connectivity index (χ0v) is 20.7. The number of nitrogens with one attached hydrogen (secondary N) is 1. The zero-order chi connectivity index (χ0) is 24.7. The fraction of sp³-hybridized carbons (Fsp3) is 0.440. The van der Waals surface area contributed by atoms with Crippen molar-refractivity contribution in [2.75, 3.05) is 31.6 Å². The summed E-state index contributed by atoms with van der Waals surface area (Å²) in [6, 6.07) is 10.6. The van der Waals surface area contributed by atoms with E-state index in [0.717, 1.165) is 30.4 Å². The second-order valence-corrected chi connectivity index (χ2v) is 10.4. The number of benzene rings is 2. The Balaban J connectivity index is 1.50. The van der Waals surface area contributed by atoms with E-state index in [9.17, 15) is 18.0 Å². The van der Waals surface area contributed by atoms with Crippen LogP contribution in [0.1, 0.15) is 42.4 Å². The largest absolute Gasteiger partial charge is 0.493 e. The molecule has 9 heteroatoms. The Morgan fingerprint density at radius 1 is 0.971 bits per heavy atom. The molecule has 1 heterocycles. The van der Waals surface area contributed by atoms with Crippen molar-refractivity contribution in [2.45, 2.75) is 51.3 Å². The molecule has 0 radical (unpaired) electrons. The first-order valence-corrected chi connectivity index (χ1v) is 12.9. The van der Waals surface area contributed by atoms with Crippen molar-refractivity contribution in [1.29, 1.82) is 0 Å². The normalized spacial score (nSPS) is 14.4. The van der Waals surface area contributed by atoms with Crippen LogP contribution in [0.25, 0.3) is 0 Å². The highest BCUT2D eigenvalue weighted by Crippen LogP contribution is 2.26. The van der Waals surface area contributed by atoms with Crippen LogP contribution in [0.5, 0.6) is 5.75 Å². The Morgan fingerprint density at radius 3 is 2.41 bits per heavy atom. The van der Waals surface area contributed by atoms with E-state index in [1.54, 1.807) is 19.1 Å². The number of esters is 1. The lowest BCUT2D eigenvalue weighted by atomic mass is 10.1. The standard InChI is InChI=1S/C25H32N2O6S/c1-18-7-8-19(2)22(15-18)32-14-11-25(29)33-17-24(28)26-21-10-9-20(3)23(16-21)34(30,31)27-12-5-4-6-13-27/h7-10,15-16H,4-6,11-14,17H2,1-3H3,(H,26,28). The third-order valence-electron chi connectivity index (χ3n) is 5.68. The summed E-state index contributed by atoms with van der Waals surface area (Å²) in [5, 5.41) is 2.61. The molecule has 0 unspecified atom stereocenters. The van der Waals surface area contributed by atoms with Gasteiger partial charge in [-0.15, -0.1) is 0 Å². The van der Waals surface area contributed by atoms with Crippen LogP contribution < -0.4 is 10.1 Å². The summed E-state index contributed by atoms with van der Waals surface area (Å²) in [7, 11) is -3.63. The summed E-state index contributed by atoms with van der Waals surface area (Å²) in [5.74, 6) is -0.396. The van der Waals surface area contributed by atoms with Gasteiger partial charge in [0.25, 0.3) is 5.91 Å². The molecule has 1 N–H and O–H groups in total. The number of anilines is 1. The second kappa shape index (κ2) is 11.5. The summed E-state index contributed by atoms with van der Waals surface area (Å²) in [4.78, 5) is 24.4. The van der Waals surface area contributed by atoms with Crippen molar-refractivity contribution in [3.63, 3.8) is 0 Å². The quantitative estimate of drug-likeness (QED) is 0.540. The monoisotopic (exact) mass is 488 g/mol. The number of carbonyl (C=O) groups is 2. The van der Waals surface area contributed by atoms with Crippen molar-refractivity contribution in [2.24, 2.45) is 0 Å². The van der Waals surface area contributed by atoms with Gasteiger partial charge in [-0.25, -0.2) is 8.42 Å². The van der Waals surface area contributed by atoms with Gasteiger partial charge in [-0.3, -0.25) is 9.59 Å². The van der Waals surface area contributed by atoms with Crippen molar-refractivity contribution in [1.82, 2.24) is 4.31 Å². The van der Waals surface area contributed by atoms with Crippen molar-refractivity contribution < 1.29 is 27.5 Å². The first-order valence-electron chi connectivity index (χ1n) is 11.4. The maximum atomic E-state index is 13.0. The smallest absolute Gasteiger partial charge is 0.309 e. The van der Waals surface area contributed by atoms with E-state index in [2.05, 4.69) is 5.32 Å². The molecule has 2 aromatic rings. The van der Waals surface area contributed by atoms with E-state index in [1.165, 1.54) is 10.4 Å². The van der Waals surface area contributed by atoms with E-state index in [0.29, 0.717) is 30.1 Å².